The number of aliphatic carboxylic acids is 1. The van der Waals surface area contributed by atoms with E-state index in [-0.39, 0.29) is 6.42 Å². The SMILES string of the molecule is CC(NC(=O)C(Cc1ccccc1)n1nnc2ccccc2c1=O)C(=O)O. The molecular formula is C19H18N4O4. The Balaban J connectivity index is 2.03. The van der Waals surface area contributed by atoms with Gasteiger partial charge in [0.25, 0.3) is 5.56 Å². The number of aromatic nitrogens is 3. The summed E-state index contributed by atoms with van der Waals surface area (Å²) in [5.41, 5.74) is 0.777. The second-order valence-corrected chi connectivity index (χ2v) is 6.13. The second-order valence-electron chi connectivity index (χ2n) is 6.13. The lowest BCUT2D eigenvalue weighted by Crippen LogP contribution is -2.45. The predicted molar refractivity (Wildman–Crippen MR) is 98.2 cm³/mol. The number of amides is 1. The topological polar surface area (TPSA) is 114 Å². The van der Waals surface area contributed by atoms with Gasteiger partial charge in [-0.3, -0.25) is 14.4 Å². The van der Waals surface area contributed by atoms with Crippen LogP contribution in [-0.2, 0) is 16.0 Å². The fourth-order valence-corrected chi connectivity index (χ4v) is 2.70. The Morgan fingerprint density at radius 2 is 1.78 bits per heavy atom. The molecule has 0 fully saturated rings. The lowest BCUT2D eigenvalue weighted by molar-refractivity contribution is -0.141. The van der Waals surface area contributed by atoms with E-state index in [2.05, 4.69) is 15.6 Å². The summed E-state index contributed by atoms with van der Waals surface area (Å²) >= 11 is 0. The van der Waals surface area contributed by atoms with E-state index in [0.29, 0.717) is 10.9 Å². The van der Waals surface area contributed by atoms with E-state index in [9.17, 15) is 14.4 Å². The summed E-state index contributed by atoms with van der Waals surface area (Å²) in [6, 6.07) is 13.7. The Bertz CT molecular complexity index is 1030. The molecule has 0 saturated carbocycles. The van der Waals surface area contributed by atoms with Crippen molar-refractivity contribution in [1.82, 2.24) is 20.3 Å². The fourth-order valence-electron chi connectivity index (χ4n) is 2.70. The molecule has 0 bridgehead atoms. The number of carboxylic acids is 1. The number of carboxylic acid groups (broad SMARTS) is 1. The first-order valence-corrected chi connectivity index (χ1v) is 8.38. The third-order valence-corrected chi connectivity index (χ3v) is 4.19. The monoisotopic (exact) mass is 366 g/mol. The van der Waals surface area contributed by atoms with Crippen molar-refractivity contribution in [2.45, 2.75) is 25.4 Å². The Labute approximate surface area is 154 Å². The van der Waals surface area contributed by atoms with E-state index in [1.54, 1.807) is 24.3 Å². The first-order valence-electron chi connectivity index (χ1n) is 8.38. The molecule has 0 saturated heterocycles. The zero-order valence-electron chi connectivity index (χ0n) is 14.6. The van der Waals surface area contributed by atoms with Crippen molar-refractivity contribution in [1.29, 1.82) is 0 Å². The lowest BCUT2D eigenvalue weighted by Gasteiger charge is -2.19. The van der Waals surface area contributed by atoms with Crippen LogP contribution in [0.5, 0.6) is 0 Å². The van der Waals surface area contributed by atoms with E-state index >= 15 is 0 Å². The summed E-state index contributed by atoms with van der Waals surface area (Å²) in [5, 5.41) is 19.7. The maximum atomic E-state index is 12.8. The molecule has 2 unspecified atom stereocenters. The van der Waals surface area contributed by atoms with E-state index in [1.165, 1.54) is 6.92 Å². The zero-order valence-corrected chi connectivity index (χ0v) is 14.6. The van der Waals surface area contributed by atoms with Gasteiger partial charge in [-0.2, -0.15) is 4.68 Å². The maximum Gasteiger partial charge on any atom is 0.325 e. The van der Waals surface area contributed by atoms with Crippen molar-refractivity contribution in [2.24, 2.45) is 0 Å². The molecule has 1 aromatic heterocycles. The lowest BCUT2D eigenvalue weighted by atomic mass is 10.0. The van der Waals surface area contributed by atoms with Crippen molar-refractivity contribution in [3.8, 4) is 0 Å². The highest BCUT2D eigenvalue weighted by molar-refractivity contribution is 5.86. The molecule has 0 aliphatic rings. The highest BCUT2D eigenvalue weighted by Gasteiger charge is 2.27. The standard InChI is InChI=1S/C19H18N4O4/c1-12(19(26)27)20-17(24)16(11-13-7-3-2-4-8-13)23-18(25)14-9-5-6-10-15(14)21-22-23/h2-10,12,16H,11H2,1H3,(H,20,24)(H,26,27). The largest absolute Gasteiger partial charge is 0.480 e. The summed E-state index contributed by atoms with van der Waals surface area (Å²) in [6.07, 6.45) is 0.173. The van der Waals surface area contributed by atoms with Gasteiger partial charge in [0.1, 0.15) is 17.6 Å². The van der Waals surface area contributed by atoms with Gasteiger partial charge >= 0.3 is 5.97 Å². The molecule has 8 nitrogen and oxygen atoms in total. The molecular weight excluding hydrogens is 348 g/mol. The number of hydrogen-bond donors (Lipinski definition) is 2. The van der Waals surface area contributed by atoms with Crippen LogP contribution in [0.4, 0.5) is 0 Å². The van der Waals surface area contributed by atoms with Gasteiger partial charge in [0.05, 0.1) is 5.39 Å². The number of carbonyl (C=O) groups is 2. The van der Waals surface area contributed by atoms with E-state index in [1.807, 2.05) is 30.3 Å². The third-order valence-electron chi connectivity index (χ3n) is 4.19. The van der Waals surface area contributed by atoms with Gasteiger partial charge in [-0.25, -0.2) is 0 Å². The van der Waals surface area contributed by atoms with Crippen LogP contribution in [0.2, 0.25) is 0 Å². The molecule has 8 heteroatoms. The van der Waals surface area contributed by atoms with Crippen LogP contribution in [0, 0.1) is 0 Å². The summed E-state index contributed by atoms with van der Waals surface area (Å²) in [4.78, 5) is 36.7. The Hall–Kier alpha value is -3.55. The molecule has 3 aromatic rings. The Morgan fingerprint density at radius 1 is 1.11 bits per heavy atom. The van der Waals surface area contributed by atoms with Gasteiger partial charge in [-0.1, -0.05) is 47.7 Å². The molecule has 0 aliphatic carbocycles. The van der Waals surface area contributed by atoms with Gasteiger partial charge in [-0.15, -0.1) is 5.10 Å². The van der Waals surface area contributed by atoms with Crippen molar-refractivity contribution in [2.75, 3.05) is 0 Å². The average Bonchev–Trinajstić information content (AvgIpc) is 2.67. The number of nitrogens with zero attached hydrogens (tertiary/aromatic N) is 3. The van der Waals surface area contributed by atoms with Crippen molar-refractivity contribution in [3.05, 3.63) is 70.5 Å². The number of nitrogens with one attached hydrogen (secondary N) is 1. The molecule has 138 valence electrons. The smallest absolute Gasteiger partial charge is 0.325 e. The summed E-state index contributed by atoms with van der Waals surface area (Å²) in [5.74, 6) is -1.78. The van der Waals surface area contributed by atoms with Gasteiger partial charge in [0, 0.05) is 6.42 Å². The van der Waals surface area contributed by atoms with Gasteiger partial charge in [0.15, 0.2) is 0 Å². The summed E-state index contributed by atoms with van der Waals surface area (Å²) in [7, 11) is 0. The first kappa shape index (κ1) is 18.2. The predicted octanol–water partition coefficient (Wildman–Crippen LogP) is 1.16. The molecule has 0 spiro atoms. The minimum absolute atomic E-state index is 0.173. The van der Waals surface area contributed by atoms with Gasteiger partial charge < -0.3 is 10.4 Å². The van der Waals surface area contributed by atoms with Crippen LogP contribution in [0.1, 0.15) is 18.5 Å². The number of fused-ring (bicyclic) bond motifs is 1. The van der Waals surface area contributed by atoms with Crippen molar-refractivity contribution >= 4 is 22.8 Å². The van der Waals surface area contributed by atoms with E-state index in [0.717, 1.165) is 10.2 Å². The van der Waals surface area contributed by atoms with Crippen LogP contribution in [0.15, 0.2) is 59.4 Å². The number of rotatable bonds is 6. The minimum atomic E-state index is -1.17. The van der Waals surface area contributed by atoms with Gasteiger partial charge in [-0.05, 0) is 24.6 Å². The minimum Gasteiger partial charge on any atom is -0.480 e. The molecule has 27 heavy (non-hydrogen) atoms. The van der Waals surface area contributed by atoms with E-state index < -0.39 is 29.5 Å². The molecule has 0 aliphatic heterocycles. The van der Waals surface area contributed by atoms with Crippen LogP contribution in [0.3, 0.4) is 0 Å². The summed E-state index contributed by atoms with van der Waals surface area (Å²) < 4.78 is 1.01. The maximum absolute atomic E-state index is 12.8. The highest BCUT2D eigenvalue weighted by atomic mass is 16.4. The molecule has 0 radical (unpaired) electrons. The molecule has 2 atom stereocenters. The number of hydrogen-bond acceptors (Lipinski definition) is 5. The number of carbonyl (C=O) groups excluding carboxylic acids is 1. The number of benzene rings is 2. The zero-order chi connectivity index (χ0) is 19.4. The van der Waals surface area contributed by atoms with Crippen LogP contribution >= 0.6 is 0 Å². The third kappa shape index (κ3) is 4.00. The first-order chi connectivity index (χ1) is 13.0. The fraction of sp³-hybridized carbons (Fsp3) is 0.211. The van der Waals surface area contributed by atoms with Gasteiger partial charge in [0.2, 0.25) is 5.91 Å². The average molecular weight is 366 g/mol. The Kier molecular flexibility index (Phi) is 5.25. The molecule has 2 N–H and O–H groups in total. The van der Waals surface area contributed by atoms with Crippen molar-refractivity contribution < 1.29 is 14.7 Å². The summed E-state index contributed by atoms with van der Waals surface area (Å²) in [6.45, 7) is 1.36. The molecule has 2 aromatic carbocycles. The Morgan fingerprint density at radius 3 is 2.48 bits per heavy atom. The van der Waals surface area contributed by atoms with Crippen LogP contribution < -0.4 is 10.9 Å². The molecule has 1 amide bonds. The van der Waals surface area contributed by atoms with Crippen LogP contribution in [-0.4, -0.2) is 38.0 Å². The molecule has 1 heterocycles. The quantitative estimate of drug-likeness (QED) is 0.677. The second kappa shape index (κ2) is 7.77. The molecule has 3 rings (SSSR count). The normalized spacial score (nSPS) is 13.1. The van der Waals surface area contributed by atoms with E-state index in [4.69, 9.17) is 5.11 Å². The highest BCUT2D eigenvalue weighted by Crippen LogP contribution is 2.14. The van der Waals surface area contributed by atoms with Crippen molar-refractivity contribution in [3.63, 3.8) is 0 Å². The van der Waals surface area contributed by atoms with Crippen LogP contribution in [0.25, 0.3) is 10.9 Å².